The van der Waals surface area contributed by atoms with Gasteiger partial charge in [0.05, 0.1) is 16.5 Å². The fourth-order valence-corrected chi connectivity index (χ4v) is 1.85. The van der Waals surface area contributed by atoms with Gasteiger partial charge in [0, 0.05) is 12.2 Å². The first-order chi connectivity index (χ1) is 8.82. The number of benzene rings is 1. The van der Waals surface area contributed by atoms with Crippen molar-refractivity contribution in [2.45, 2.75) is 19.4 Å². The molecule has 5 nitrogen and oxygen atoms in total. The van der Waals surface area contributed by atoms with Crippen LogP contribution in [0.3, 0.4) is 0 Å². The van der Waals surface area contributed by atoms with Crippen LogP contribution in [0.2, 0.25) is 10.0 Å². The minimum atomic E-state index is -1.04. The summed E-state index contributed by atoms with van der Waals surface area (Å²) < 4.78 is 0. The zero-order valence-electron chi connectivity index (χ0n) is 10.1. The number of rotatable bonds is 6. The molecule has 1 aromatic carbocycles. The van der Waals surface area contributed by atoms with Crippen molar-refractivity contribution in [3.05, 3.63) is 28.2 Å². The lowest BCUT2D eigenvalue weighted by Gasteiger charge is -2.28. The number of nitrogens with zero attached hydrogens (tertiary/aromatic N) is 1. The molecule has 104 valence electrons. The fraction of sp³-hybridized carbons (Fsp3) is 0.333. The Bertz CT molecular complexity index is 493. The van der Waals surface area contributed by atoms with Gasteiger partial charge in [0.15, 0.2) is 0 Å². The molecule has 0 aliphatic heterocycles. The number of carbonyl (C=O) groups is 2. The molecule has 1 rings (SSSR count). The van der Waals surface area contributed by atoms with Crippen LogP contribution >= 0.6 is 23.2 Å². The quantitative estimate of drug-likeness (QED) is 0.845. The van der Waals surface area contributed by atoms with Crippen LogP contribution in [0, 0.1) is 0 Å². The molecule has 0 saturated heterocycles. The van der Waals surface area contributed by atoms with Gasteiger partial charge >= 0.3 is 11.9 Å². The normalized spacial score (nSPS) is 11.9. The third-order valence-corrected chi connectivity index (χ3v) is 3.37. The van der Waals surface area contributed by atoms with Crippen molar-refractivity contribution in [3.63, 3.8) is 0 Å². The van der Waals surface area contributed by atoms with Gasteiger partial charge in [-0.3, -0.25) is 4.79 Å². The minimum Gasteiger partial charge on any atom is -0.481 e. The maximum Gasteiger partial charge on any atom is 0.326 e. The molecule has 0 fully saturated rings. The zero-order valence-corrected chi connectivity index (χ0v) is 11.6. The van der Waals surface area contributed by atoms with E-state index in [-0.39, 0.29) is 18.0 Å². The Kier molecular flexibility index (Phi) is 5.44. The van der Waals surface area contributed by atoms with E-state index in [1.165, 1.54) is 17.9 Å². The van der Waals surface area contributed by atoms with Crippen LogP contribution in [0.25, 0.3) is 0 Å². The van der Waals surface area contributed by atoms with Crippen molar-refractivity contribution in [1.29, 1.82) is 0 Å². The standard InChI is InChI=1S/C12H13Cl2NO4/c1-7(12(18)19)15(5-4-11(16)17)8-2-3-9(13)10(14)6-8/h2-3,6-7H,4-5H2,1H3,(H,16,17)(H,18,19). The topological polar surface area (TPSA) is 77.8 Å². The van der Waals surface area contributed by atoms with Crippen LogP contribution in [-0.2, 0) is 9.59 Å². The first kappa shape index (κ1) is 15.6. The van der Waals surface area contributed by atoms with Crippen LogP contribution in [0.5, 0.6) is 0 Å². The SMILES string of the molecule is CC(C(=O)O)N(CCC(=O)O)c1ccc(Cl)c(Cl)c1. The molecule has 0 spiro atoms. The highest BCUT2D eigenvalue weighted by Gasteiger charge is 2.22. The molecule has 0 amide bonds. The van der Waals surface area contributed by atoms with E-state index in [0.29, 0.717) is 10.7 Å². The lowest BCUT2D eigenvalue weighted by atomic mass is 10.2. The second-order valence-electron chi connectivity index (χ2n) is 3.95. The number of halogens is 2. The molecule has 7 heteroatoms. The molecule has 0 saturated carbocycles. The summed E-state index contributed by atoms with van der Waals surface area (Å²) in [6, 6.07) is 3.80. The fourth-order valence-electron chi connectivity index (χ4n) is 1.56. The zero-order chi connectivity index (χ0) is 14.6. The summed E-state index contributed by atoms with van der Waals surface area (Å²) in [4.78, 5) is 23.1. The van der Waals surface area contributed by atoms with Gasteiger partial charge < -0.3 is 15.1 Å². The number of carboxylic acid groups (broad SMARTS) is 2. The number of hydrogen-bond acceptors (Lipinski definition) is 3. The molecular weight excluding hydrogens is 293 g/mol. The molecule has 0 aromatic heterocycles. The highest BCUT2D eigenvalue weighted by atomic mass is 35.5. The van der Waals surface area contributed by atoms with E-state index in [1.54, 1.807) is 12.1 Å². The average molecular weight is 306 g/mol. The second-order valence-corrected chi connectivity index (χ2v) is 4.76. The summed E-state index contributed by atoms with van der Waals surface area (Å²) in [5.74, 6) is -2.04. The third kappa shape index (κ3) is 4.29. The van der Waals surface area contributed by atoms with Crippen molar-refractivity contribution in [3.8, 4) is 0 Å². The number of carboxylic acids is 2. The summed E-state index contributed by atoms with van der Waals surface area (Å²) in [7, 11) is 0. The molecule has 0 heterocycles. The molecule has 1 atom stereocenters. The van der Waals surface area contributed by atoms with Crippen molar-refractivity contribution in [2.75, 3.05) is 11.4 Å². The Balaban J connectivity index is 3.03. The van der Waals surface area contributed by atoms with Crippen LogP contribution < -0.4 is 4.90 Å². The third-order valence-electron chi connectivity index (χ3n) is 2.63. The molecule has 2 N–H and O–H groups in total. The number of anilines is 1. The number of hydrogen-bond donors (Lipinski definition) is 2. The Labute approximate surface area is 120 Å². The van der Waals surface area contributed by atoms with E-state index >= 15 is 0 Å². The smallest absolute Gasteiger partial charge is 0.326 e. The van der Waals surface area contributed by atoms with Gasteiger partial charge in [-0.15, -0.1) is 0 Å². The van der Waals surface area contributed by atoms with Crippen molar-refractivity contribution in [2.24, 2.45) is 0 Å². The van der Waals surface area contributed by atoms with Crippen LogP contribution in [0.1, 0.15) is 13.3 Å². The molecule has 1 unspecified atom stereocenters. The van der Waals surface area contributed by atoms with Gasteiger partial charge in [-0.25, -0.2) is 4.79 Å². The van der Waals surface area contributed by atoms with Gasteiger partial charge in [0.25, 0.3) is 0 Å². The Morgan fingerprint density at radius 1 is 1.26 bits per heavy atom. The Morgan fingerprint density at radius 2 is 1.89 bits per heavy atom. The van der Waals surface area contributed by atoms with Gasteiger partial charge in [-0.1, -0.05) is 23.2 Å². The maximum atomic E-state index is 11.1. The van der Waals surface area contributed by atoms with Crippen LogP contribution in [-0.4, -0.2) is 34.7 Å². The lowest BCUT2D eigenvalue weighted by molar-refractivity contribution is -0.139. The molecular formula is C12H13Cl2NO4. The predicted molar refractivity (Wildman–Crippen MR) is 73.2 cm³/mol. The largest absolute Gasteiger partial charge is 0.481 e. The Hall–Kier alpha value is -1.46. The van der Waals surface area contributed by atoms with Gasteiger partial charge in [0.2, 0.25) is 0 Å². The van der Waals surface area contributed by atoms with Crippen molar-refractivity contribution >= 4 is 40.8 Å². The molecule has 0 aliphatic carbocycles. The average Bonchev–Trinajstić information content (AvgIpc) is 2.33. The van der Waals surface area contributed by atoms with E-state index in [4.69, 9.17) is 33.4 Å². The highest BCUT2D eigenvalue weighted by molar-refractivity contribution is 6.42. The van der Waals surface area contributed by atoms with Gasteiger partial charge in [-0.2, -0.15) is 0 Å². The summed E-state index contributed by atoms with van der Waals surface area (Å²) >= 11 is 11.7. The first-order valence-corrected chi connectivity index (χ1v) is 6.25. The minimum absolute atomic E-state index is 0.0702. The second kappa shape index (κ2) is 6.63. The monoisotopic (exact) mass is 305 g/mol. The maximum absolute atomic E-state index is 11.1. The van der Waals surface area contributed by atoms with Crippen LogP contribution in [0.4, 0.5) is 5.69 Å². The summed E-state index contributed by atoms with van der Waals surface area (Å²) in [6.07, 6.45) is -0.169. The molecule has 0 bridgehead atoms. The summed E-state index contributed by atoms with van der Waals surface area (Å²) in [5, 5.41) is 18.4. The molecule has 0 radical (unpaired) electrons. The van der Waals surface area contributed by atoms with Crippen molar-refractivity contribution < 1.29 is 19.8 Å². The Morgan fingerprint density at radius 3 is 2.37 bits per heavy atom. The van der Waals surface area contributed by atoms with E-state index in [9.17, 15) is 9.59 Å². The van der Waals surface area contributed by atoms with E-state index < -0.39 is 18.0 Å². The van der Waals surface area contributed by atoms with E-state index in [2.05, 4.69) is 0 Å². The molecule has 1 aromatic rings. The summed E-state index contributed by atoms with van der Waals surface area (Å²) in [6.45, 7) is 1.55. The van der Waals surface area contributed by atoms with Crippen LogP contribution in [0.15, 0.2) is 18.2 Å². The highest BCUT2D eigenvalue weighted by Crippen LogP contribution is 2.28. The van der Waals surface area contributed by atoms with Crippen molar-refractivity contribution in [1.82, 2.24) is 0 Å². The molecule has 0 aliphatic rings. The lowest BCUT2D eigenvalue weighted by Crippen LogP contribution is -2.40. The first-order valence-electron chi connectivity index (χ1n) is 5.49. The van der Waals surface area contributed by atoms with Gasteiger partial charge in [-0.05, 0) is 25.1 Å². The predicted octanol–water partition coefficient (Wildman–Crippen LogP) is 2.75. The molecule has 19 heavy (non-hydrogen) atoms. The number of aliphatic carboxylic acids is 2. The van der Waals surface area contributed by atoms with Gasteiger partial charge in [0.1, 0.15) is 6.04 Å². The van der Waals surface area contributed by atoms with E-state index in [1.807, 2.05) is 0 Å². The van der Waals surface area contributed by atoms with E-state index in [0.717, 1.165) is 0 Å². The summed E-state index contributed by atoms with van der Waals surface area (Å²) in [5.41, 5.74) is 0.519.